The number of benzene rings is 1. The lowest BCUT2D eigenvalue weighted by molar-refractivity contribution is -0.115. The van der Waals surface area contributed by atoms with Crippen LogP contribution in [0.2, 0.25) is 0 Å². The highest BCUT2D eigenvalue weighted by atomic mass is 19.1. The van der Waals surface area contributed by atoms with Crippen LogP contribution in [0.3, 0.4) is 0 Å². The van der Waals surface area contributed by atoms with E-state index in [1.807, 2.05) is 0 Å². The van der Waals surface area contributed by atoms with E-state index >= 15 is 0 Å². The van der Waals surface area contributed by atoms with Crippen LogP contribution < -0.4 is 10.6 Å². The standard InChI is InChI=1S/C12H15FN2O/c13-10-6-1-2-7-11(10)15-12(16)8-14-9-4-3-5-9/h1-2,6-7,9,14H,3-5,8H2,(H,15,16). The molecule has 1 aliphatic rings. The van der Waals surface area contributed by atoms with Gasteiger partial charge in [0.15, 0.2) is 0 Å². The molecule has 0 spiro atoms. The summed E-state index contributed by atoms with van der Waals surface area (Å²) in [5, 5.41) is 5.66. The zero-order valence-electron chi connectivity index (χ0n) is 9.00. The lowest BCUT2D eigenvalue weighted by Gasteiger charge is -2.26. The molecule has 0 atom stereocenters. The topological polar surface area (TPSA) is 41.1 Å². The molecular weight excluding hydrogens is 207 g/mol. The number of carbonyl (C=O) groups is 1. The van der Waals surface area contributed by atoms with Crippen LogP contribution in [-0.2, 0) is 4.79 Å². The molecule has 0 aromatic heterocycles. The molecule has 16 heavy (non-hydrogen) atoms. The first-order valence-corrected chi connectivity index (χ1v) is 5.53. The van der Waals surface area contributed by atoms with Gasteiger partial charge < -0.3 is 10.6 Å². The van der Waals surface area contributed by atoms with Gasteiger partial charge in [0, 0.05) is 6.04 Å². The van der Waals surface area contributed by atoms with E-state index in [2.05, 4.69) is 10.6 Å². The summed E-state index contributed by atoms with van der Waals surface area (Å²) in [5.41, 5.74) is 0.239. The largest absolute Gasteiger partial charge is 0.322 e. The van der Waals surface area contributed by atoms with Gasteiger partial charge in [0.2, 0.25) is 5.91 Å². The summed E-state index contributed by atoms with van der Waals surface area (Å²) in [4.78, 5) is 11.5. The van der Waals surface area contributed by atoms with Gasteiger partial charge in [-0.25, -0.2) is 4.39 Å². The first kappa shape index (κ1) is 11.1. The molecule has 1 aliphatic carbocycles. The molecular formula is C12H15FN2O. The molecule has 1 aromatic carbocycles. The van der Waals surface area contributed by atoms with Crippen molar-refractivity contribution in [2.75, 3.05) is 11.9 Å². The second kappa shape index (κ2) is 5.07. The molecule has 0 bridgehead atoms. The van der Waals surface area contributed by atoms with E-state index in [4.69, 9.17) is 0 Å². The third-order valence-electron chi connectivity index (χ3n) is 2.80. The summed E-state index contributed by atoms with van der Waals surface area (Å²) in [6.45, 7) is 0.249. The Balaban J connectivity index is 1.80. The molecule has 2 N–H and O–H groups in total. The van der Waals surface area contributed by atoms with Crippen LogP contribution in [0.1, 0.15) is 19.3 Å². The lowest BCUT2D eigenvalue weighted by atomic mass is 9.93. The van der Waals surface area contributed by atoms with Gasteiger partial charge in [-0.1, -0.05) is 18.6 Å². The van der Waals surface area contributed by atoms with Crippen LogP contribution in [0.4, 0.5) is 10.1 Å². The first-order valence-electron chi connectivity index (χ1n) is 5.53. The Morgan fingerprint density at radius 3 is 2.75 bits per heavy atom. The fourth-order valence-electron chi connectivity index (χ4n) is 1.61. The van der Waals surface area contributed by atoms with Crippen LogP contribution in [0, 0.1) is 5.82 Å². The normalized spacial score (nSPS) is 15.6. The van der Waals surface area contributed by atoms with Crippen molar-refractivity contribution < 1.29 is 9.18 Å². The number of halogens is 1. The number of hydrogen-bond donors (Lipinski definition) is 2. The van der Waals surface area contributed by atoms with E-state index in [0.717, 1.165) is 12.8 Å². The Labute approximate surface area is 94.0 Å². The van der Waals surface area contributed by atoms with Crippen molar-refractivity contribution in [2.45, 2.75) is 25.3 Å². The van der Waals surface area contributed by atoms with Crippen molar-refractivity contribution >= 4 is 11.6 Å². The van der Waals surface area contributed by atoms with Gasteiger partial charge >= 0.3 is 0 Å². The zero-order chi connectivity index (χ0) is 11.4. The number of nitrogens with one attached hydrogen (secondary N) is 2. The Hall–Kier alpha value is -1.42. The molecule has 0 heterocycles. The fraction of sp³-hybridized carbons (Fsp3) is 0.417. The van der Waals surface area contributed by atoms with Crippen molar-refractivity contribution in [1.29, 1.82) is 0 Å². The monoisotopic (exact) mass is 222 g/mol. The van der Waals surface area contributed by atoms with E-state index in [1.165, 1.54) is 12.5 Å². The maximum Gasteiger partial charge on any atom is 0.238 e. The number of carbonyl (C=O) groups excluding carboxylic acids is 1. The highest BCUT2D eigenvalue weighted by Crippen LogP contribution is 2.17. The molecule has 0 aliphatic heterocycles. The zero-order valence-corrected chi connectivity index (χ0v) is 9.00. The molecule has 1 amide bonds. The average Bonchev–Trinajstić information content (AvgIpc) is 2.19. The first-order chi connectivity index (χ1) is 7.75. The van der Waals surface area contributed by atoms with Gasteiger partial charge in [-0.2, -0.15) is 0 Å². The minimum absolute atomic E-state index is 0.197. The third-order valence-corrected chi connectivity index (χ3v) is 2.80. The Bertz CT molecular complexity index is 377. The van der Waals surface area contributed by atoms with Gasteiger partial charge in [-0.05, 0) is 25.0 Å². The van der Waals surface area contributed by atoms with Crippen LogP contribution in [0.25, 0.3) is 0 Å². The van der Waals surface area contributed by atoms with Crippen molar-refractivity contribution in [3.63, 3.8) is 0 Å². The summed E-state index contributed by atoms with van der Waals surface area (Å²) in [6.07, 6.45) is 3.49. The van der Waals surface area contributed by atoms with Crippen LogP contribution >= 0.6 is 0 Å². The molecule has 0 saturated heterocycles. The number of amides is 1. The average molecular weight is 222 g/mol. The molecule has 3 nitrogen and oxygen atoms in total. The summed E-state index contributed by atoms with van der Waals surface area (Å²) in [7, 11) is 0. The minimum atomic E-state index is -0.403. The Kier molecular flexibility index (Phi) is 3.51. The molecule has 1 aromatic rings. The van der Waals surface area contributed by atoms with E-state index in [-0.39, 0.29) is 18.1 Å². The molecule has 0 unspecified atom stereocenters. The summed E-state index contributed by atoms with van der Waals surface area (Å²) in [5.74, 6) is -0.600. The predicted molar refractivity (Wildman–Crippen MR) is 60.7 cm³/mol. The summed E-state index contributed by atoms with van der Waals surface area (Å²) < 4.78 is 13.2. The van der Waals surface area contributed by atoms with Gasteiger partial charge in [0.1, 0.15) is 5.82 Å². The quantitative estimate of drug-likeness (QED) is 0.817. The minimum Gasteiger partial charge on any atom is -0.322 e. The highest BCUT2D eigenvalue weighted by molar-refractivity contribution is 5.92. The van der Waals surface area contributed by atoms with Crippen LogP contribution in [0.5, 0.6) is 0 Å². The van der Waals surface area contributed by atoms with E-state index in [1.54, 1.807) is 18.2 Å². The Morgan fingerprint density at radius 2 is 2.12 bits per heavy atom. The van der Waals surface area contributed by atoms with Crippen molar-refractivity contribution in [3.8, 4) is 0 Å². The number of anilines is 1. The second-order valence-corrected chi connectivity index (χ2v) is 4.04. The summed E-state index contributed by atoms with van der Waals surface area (Å²) in [6, 6.07) is 6.63. The molecule has 86 valence electrons. The predicted octanol–water partition coefficient (Wildman–Crippen LogP) is 1.91. The second-order valence-electron chi connectivity index (χ2n) is 4.04. The molecule has 1 fully saturated rings. The number of para-hydroxylation sites is 1. The van der Waals surface area contributed by atoms with Crippen molar-refractivity contribution in [1.82, 2.24) is 5.32 Å². The third kappa shape index (κ3) is 2.79. The van der Waals surface area contributed by atoms with Gasteiger partial charge in [-0.15, -0.1) is 0 Å². The highest BCUT2D eigenvalue weighted by Gasteiger charge is 2.17. The molecule has 2 rings (SSSR count). The number of hydrogen-bond acceptors (Lipinski definition) is 2. The maximum absolute atomic E-state index is 13.2. The van der Waals surface area contributed by atoms with Crippen molar-refractivity contribution in [2.24, 2.45) is 0 Å². The van der Waals surface area contributed by atoms with Crippen molar-refractivity contribution in [3.05, 3.63) is 30.1 Å². The van der Waals surface area contributed by atoms with Gasteiger partial charge in [0.25, 0.3) is 0 Å². The van der Waals surface area contributed by atoms with E-state index in [9.17, 15) is 9.18 Å². The fourth-order valence-corrected chi connectivity index (χ4v) is 1.61. The smallest absolute Gasteiger partial charge is 0.238 e. The van der Waals surface area contributed by atoms with Crippen LogP contribution in [-0.4, -0.2) is 18.5 Å². The van der Waals surface area contributed by atoms with Gasteiger partial charge in [-0.3, -0.25) is 4.79 Å². The van der Waals surface area contributed by atoms with E-state index < -0.39 is 5.82 Å². The maximum atomic E-state index is 13.2. The van der Waals surface area contributed by atoms with E-state index in [0.29, 0.717) is 6.04 Å². The number of rotatable bonds is 4. The lowest BCUT2D eigenvalue weighted by Crippen LogP contribution is -2.40. The summed E-state index contributed by atoms with van der Waals surface area (Å²) >= 11 is 0. The molecule has 4 heteroatoms. The SMILES string of the molecule is O=C(CNC1CCC1)Nc1ccccc1F. The van der Waals surface area contributed by atoms with Gasteiger partial charge in [0.05, 0.1) is 12.2 Å². The molecule has 1 saturated carbocycles. The Morgan fingerprint density at radius 1 is 1.38 bits per heavy atom. The molecule has 0 radical (unpaired) electrons. The van der Waals surface area contributed by atoms with Crippen LogP contribution in [0.15, 0.2) is 24.3 Å².